The van der Waals surface area contributed by atoms with Gasteiger partial charge in [0.15, 0.2) is 0 Å². The zero-order valence-electron chi connectivity index (χ0n) is 13.4. The highest BCUT2D eigenvalue weighted by Gasteiger charge is 2.17. The lowest BCUT2D eigenvalue weighted by atomic mass is 10.0. The summed E-state index contributed by atoms with van der Waals surface area (Å²) in [5, 5.41) is 20.6. The number of aryl methyl sites for hydroxylation is 1. The third kappa shape index (κ3) is 4.42. The van der Waals surface area contributed by atoms with E-state index in [1.807, 2.05) is 0 Å². The molecular weight excluding hydrogens is 324 g/mol. The Hall–Kier alpha value is -3.19. The predicted octanol–water partition coefficient (Wildman–Crippen LogP) is 1.66. The Kier molecular flexibility index (Phi) is 5.86. The van der Waals surface area contributed by atoms with Gasteiger partial charge in [0.1, 0.15) is 0 Å². The van der Waals surface area contributed by atoms with Gasteiger partial charge < -0.3 is 21.3 Å². The number of anilines is 1. The molecule has 2 aromatic carbocycles. The number of aromatic carboxylic acids is 1. The molecule has 0 heterocycles. The van der Waals surface area contributed by atoms with Crippen molar-refractivity contribution in [3.8, 4) is 0 Å². The van der Waals surface area contributed by atoms with Crippen LogP contribution in [-0.4, -0.2) is 34.6 Å². The number of aliphatic hydroxyl groups is 1. The van der Waals surface area contributed by atoms with Crippen LogP contribution in [0.1, 0.15) is 43.1 Å². The van der Waals surface area contributed by atoms with Gasteiger partial charge in [-0.2, -0.15) is 0 Å². The second kappa shape index (κ2) is 8.07. The monoisotopic (exact) mass is 342 g/mol. The molecule has 0 fully saturated rings. The number of hydrogen-bond acceptors (Lipinski definition) is 4. The Bertz CT molecular complexity index is 817. The van der Waals surface area contributed by atoms with Crippen molar-refractivity contribution < 1.29 is 24.6 Å². The van der Waals surface area contributed by atoms with Crippen LogP contribution in [0.2, 0.25) is 0 Å². The van der Waals surface area contributed by atoms with Crippen LogP contribution in [0, 0.1) is 0 Å². The maximum atomic E-state index is 12.4. The van der Waals surface area contributed by atoms with Gasteiger partial charge in [0.25, 0.3) is 5.91 Å². The first-order valence-electron chi connectivity index (χ1n) is 7.61. The van der Waals surface area contributed by atoms with E-state index in [1.165, 1.54) is 24.3 Å². The molecule has 25 heavy (non-hydrogen) atoms. The lowest BCUT2D eigenvalue weighted by molar-refractivity contribution is 0.0692. The number of amides is 2. The minimum absolute atomic E-state index is 0.0112. The second-order valence-corrected chi connectivity index (χ2v) is 5.37. The highest BCUT2D eigenvalue weighted by atomic mass is 16.4. The highest BCUT2D eigenvalue weighted by molar-refractivity contribution is 6.11. The van der Waals surface area contributed by atoms with Crippen molar-refractivity contribution in [2.75, 3.05) is 11.9 Å². The molecule has 5 N–H and O–H groups in total. The Morgan fingerprint density at radius 2 is 1.68 bits per heavy atom. The van der Waals surface area contributed by atoms with Crippen molar-refractivity contribution in [1.82, 2.24) is 0 Å². The van der Waals surface area contributed by atoms with Gasteiger partial charge in [-0.25, -0.2) is 4.79 Å². The highest BCUT2D eigenvalue weighted by Crippen LogP contribution is 2.19. The van der Waals surface area contributed by atoms with E-state index in [0.29, 0.717) is 24.1 Å². The van der Waals surface area contributed by atoms with Crippen LogP contribution in [0.15, 0.2) is 42.5 Å². The summed E-state index contributed by atoms with van der Waals surface area (Å²) in [6.07, 6.45) is 0.961. The Labute approximate surface area is 144 Å². The van der Waals surface area contributed by atoms with Crippen LogP contribution < -0.4 is 11.1 Å². The van der Waals surface area contributed by atoms with Crippen LogP contribution in [0.5, 0.6) is 0 Å². The predicted molar refractivity (Wildman–Crippen MR) is 91.7 cm³/mol. The van der Waals surface area contributed by atoms with E-state index in [-0.39, 0.29) is 23.3 Å². The molecule has 2 rings (SSSR count). The molecule has 0 aromatic heterocycles. The molecular formula is C18H18N2O5. The molecule has 0 spiro atoms. The normalized spacial score (nSPS) is 10.3. The number of carbonyl (C=O) groups excluding carboxylic acids is 2. The number of benzene rings is 2. The van der Waals surface area contributed by atoms with Crippen LogP contribution in [-0.2, 0) is 6.42 Å². The van der Waals surface area contributed by atoms with E-state index in [0.717, 1.165) is 0 Å². The average Bonchev–Trinajstić information content (AvgIpc) is 2.60. The first-order valence-corrected chi connectivity index (χ1v) is 7.61. The molecule has 0 saturated heterocycles. The second-order valence-electron chi connectivity index (χ2n) is 5.37. The lowest BCUT2D eigenvalue weighted by Crippen LogP contribution is -2.18. The zero-order valence-corrected chi connectivity index (χ0v) is 13.4. The molecule has 0 aliphatic carbocycles. The molecule has 130 valence electrons. The van der Waals surface area contributed by atoms with E-state index in [9.17, 15) is 14.4 Å². The topological polar surface area (TPSA) is 130 Å². The van der Waals surface area contributed by atoms with Crippen molar-refractivity contribution in [2.24, 2.45) is 5.73 Å². The van der Waals surface area contributed by atoms with Gasteiger partial charge in [0.05, 0.1) is 11.1 Å². The SMILES string of the molecule is NC(=O)c1cc(NC(=O)c2ccccc2C(=O)O)ccc1CCCO. The van der Waals surface area contributed by atoms with Gasteiger partial charge in [0.2, 0.25) is 5.91 Å². The van der Waals surface area contributed by atoms with Gasteiger partial charge in [-0.15, -0.1) is 0 Å². The van der Waals surface area contributed by atoms with Crippen LogP contribution in [0.25, 0.3) is 0 Å². The largest absolute Gasteiger partial charge is 0.478 e. The summed E-state index contributed by atoms with van der Waals surface area (Å²) >= 11 is 0. The Morgan fingerprint density at radius 1 is 1.00 bits per heavy atom. The molecule has 0 radical (unpaired) electrons. The molecule has 0 aliphatic heterocycles. The summed E-state index contributed by atoms with van der Waals surface area (Å²) in [5.74, 6) is -2.45. The zero-order chi connectivity index (χ0) is 18.4. The maximum Gasteiger partial charge on any atom is 0.336 e. The molecule has 0 unspecified atom stereocenters. The van der Waals surface area contributed by atoms with E-state index in [1.54, 1.807) is 18.2 Å². The fourth-order valence-corrected chi connectivity index (χ4v) is 2.44. The molecule has 0 atom stereocenters. The molecule has 0 saturated carbocycles. The summed E-state index contributed by atoms with van der Waals surface area (Å²) in [4.78, 5) is 35.2. The van der Waals surface area contributed by atoms with Crippen molar-refractivity contribution in [2.45, 2.75) is 12.8 Å². The molecule has 2 amide bonds. The molecule has 7 nitrogen and oxygen atoms in total. The lowest BCUT2D eigenvalue weighted by Gasteiger charge is -2.11. The minimum Gasteiger partial charge on any atom is -0.478 e. The molecule has 2 aromatic rings. The number of nitrogens with one attached hydrogen (secondary N) is 1. The molecule has 0 aliphatic rings. The number of primary amides is 1. The minimum atomic E-state index is -1.21. The number of carbonyl (C=O) groups is 3. The van der Waals surface area contributed by atoms with Crippen molar-refractivity contribution in [3.05, 3.63) is 64.7 Å². The molecule has 7 heteroatoms. The Morgan fingerprint density at radius 3 is 2.28 bits per heavy atom. The number of hydrogen-bond donors (Lipinski definition) is 4. The first-order chi connectivity index (χ1) is 11.9. The van der Waals surface area contributed by atoms with E-state index in [2.05, 4.69) is 5.32 Å². The van der Waals surface area contributed by atoms with Crippen molar-refractivity contribution in [3.63, 3.8) is 0 Å². The van der Waals surface area contributed by atoms with Crippen molar-refractivity contribution >= 4 is 23.5 Å². The summed E-state index contributed by atoms with van der Waals surface area (Å²) in [6, 6.07) is 10.5. The fraction of sp³-hybridized carbons (Fsp3) is 0.167. The summed E-state index contributed by atoms with van der Waals surface area (Å²) in [6.45, 7) is -0.0112. The van der Waals surface area contributed by atoms with Gasteiger partial charge >= 0.3 is 5.97 Å². The van der Waals surface area contributed by atoms with E-state index in [4.69, 9.17) is 15.9 Å². The standard InChI is InChI=1S/C18H18N2O5/c19-16(22)15-10-12(8-7-11(15)4-3-9-21)20-17(23)13-5-1-2-6-14(13)18(24)25/h1-2,5-8,10,21H,3-4,9H2,(H2,19,22)(H,20,23)(H,24,25). The maximum absolute atomic E-state index is 12.4. The third-order valence-corrected chi connectivity index (χ3v) is 3.64. The van der Waals surface area contributed by atoms with Gasteiger partial charge in [-0.3, -0.25) is 9.59 Å². The number of nitrogens with two attached hydrogens (primary N) is 1. The summed E-state index contributed by atoms with van der Waals surface area (Å²) in [5.41, 5.74) is 6.51. The number of carboxylic acids is 1. The van der Waals surface area contributed by atoms with Crippen LogP contribution in [0.3, 0.4) is 0 Å². The first kappa shape index (κ1) is 18.2. The molecule has 0 bridgehead atoms. The number of aliphatic hydroxyl groups excluding tert-OH is 1. The summed E-state index contributed by atoms with van der Waals surface area (Å²) < 4.78 is 0. The van der Waals surface area contributed by atoms with Gasteiger partial charge in [0, 0.05) is 17.9 Å². The van der Waals surface area contributed by atoms with Gasteiger partial charge in [-0.05, 0) is 42.7 Å². The quantitative estimate of drug-likeness (QED) is 0.608. The smallest absolute Gasteiger partial charge is 0.336 e. The van der Waals surface area contributed by atoms with E-state index < -0.39 is 17.8 Å². The van der Waals surface area contributed by atoms with Crippen molar-refractivity contribution in [1.29, 1.82) is 0 Å². The van der Waals surface area contributed by atoms with Crippen LogP contribution in [0.4, 0.5) is 5.69 Å². The number of rotatable bonds is 7. The van der Waals surface area contributed by atoms with E-state index >= 15 is 0 Å². The summed E-state index contributed by atoms with van der Waals surface area (Å²) in [7, 11) is 0. The average molecular weight is 342 g/mol. The number of carboxylic acid groups (broad SMARTS) is 1. The van der Waals surface area contributed by atoms with Gasteiger partial charge in [-0.1, -0.05) is 18.2 Å². The van der Waals surface area contributed by atoms with Crippen LogP contribution >= 0.6 is 0 Å². The fourth-order valence-electron chi connectivity index (χ4n) is 2.44. The Balaban J connectivity index is 2.28. The third-order valence-electron chi connectivity index (χ3n) is 3.64.